The maximum absolute atomic E-state index is 10.5. The Kier molecular flexibility index (Phi) is 3.48. The molecule has 0 unspecified atom stereocenters. The lowest BCUT2D eigenvalue weighted by atomic mass is 10.2. The molecule has 0 spiro atoms. The minimum absolute atomic E-state index is 0.0887. The molecular formula is C5H8Cl2O2. The van der Waals surface area contributed by atoms with Gasteiger partial charge in [-0.2, -0.15) is 0 Å². The van der Waals surface area contributed by atoms with Gasteiger partial charge in [0.2, 0.25) is 0 Å². The molecule has 0 aliphatic heterocycles. The van der Waals surface area contributed by atoms with Crippen LogP contribution in [0.1, 0.15) is 13.3 Å². The number of aliphatic hydroxyl groups excluding tert-OH is 1. The molecule has 0 radical (unpaired) electrons. The SMILES string of the molecule is CC(=O)C(Cl)(Cl)CCO. The topological polar surface area (TPSA) is 37.3 Å². The summed E-state index contributed by atoms with van der Waals surface area (Å²) in [7, 11) is 0. The van der Waals surface area contributed by atoms with Crippen molar-refractivity contribution in [3.05, 3.63) is 0 Å². The first kappa shape index (κ1) is 9.21. The van der Waals surface area contributed by atoms with Crippen LogP contribution in [0.2, 0.25) is 0 Å². The Labute approximate surface area is 63.8 Å². The Balaban J connectivity index is 3.85. The number of carbonyl (C=O) groups is 1. The number of ketones is 1. The molecule has 0 fully saturated rings. The number of Topliss-reactive ketones (excluding diaryl/α,β-unsaturated/α-hetero) is 1. The van der Waals surface area contributed by atoms with Gasteiger partial charge < -0.3 is 5.11 Å². The summed E-state index contributed by atoms with van der Waals surface area (Å²) in [6, 6.07) is 0. The van der Waals surface area contributed by atoms with Gasteiger partial charge in [0.1, 0.15) is 0 Å². The maximum atomic E-state index is 10.5. The number of rotatable bonds is 3. The zero-order valence-corrected chi connectivity index (χ0v) is 6.54. The van der Waals surface area contributed by atoms with Crippen LogP contribution in [0.5, 0.6) is 0 Å². The van der Waals surface area contributed by atoms with Crippen LogP contribution in [0, 0.1) is 0 Å². The van der Waals surface area contributed by atoms with Crippen molar-refractivity contribution in [1.29, 1.82) is 0 Å². The van der Waals surface area contributed by atoms with Crippen LogP contribution in [-0.2, 0) is 4.79 Å². The quantitative estimate of drug-likeness (QED) is 0.646. The van der Waals surface area contributed by atoms with E-state index in [1.807, 2.05) is 0 Å². The van der Waals surface area contributed by atoms with Crippen LogP contribution in [0.4, 0.5) is 0 Å². The zero-order chi connectivity index (χ0) is 7.49. The molecule has 0 aromatic heterocycles. The lowest BCUT2D eigenvalue weighted by Gasteiger charge is -2.12. The molecule has 0 aliphatic rings. The number of carbonyl (C=O) groups excluding carboxylic acids is 1. The molecule has 54 valence electrons. The molecule has 2 nitrogen and oxygen atoms in total. The van der Waals surface area contributed by atoms with E-state index in [9.17, 15) is 4.79 Å². The standard InChI is InChI=1S/C5H8Cl2O2/c1-4(9)5(6,7)2-3-8/h8H,2-3H2,1H3. The molecule has 0 amide bonds. The molecule has 0 aliphatic carbocycles. The predicted molar refractivity (Wildman–Crippen MR) is 36.8 cm³/mol. The van der Waals surface area contributed by atoms with Crippen LogP contribution in [0.25, 0.3) is 0 Å². The molecule has 0 atom stereocenters. The number of aliphatic hydroxyl groups is 1. The maximum Gasteiger partial charge on any atom is 0.177 e. The van der Waals surface area contributed by atoms with Crippen molar-refractivity contribution in [1.82, 2.24) is 0 Å². The van der Waals surface area contributed by atoms with Gasteiger partial charge in [0, 0.05) is 13.0 Å². The predicted octanol–water partition coefficient (Wildman–Crippen LogP) is 1.13. The molecule has 0 aromatic rings. The van der Waals surface area contributed by atoms with E-state index >= 15 is 0 Å². The molecular weight excluding hydrogens is 163 g/mol. The fourth-order valence-corrected chi connectivity index (χ4v) is 0.485. The molecule has 0 heterocycles. The van der Waals surface area contributed by atoms with Crippen molar-refractivity contribution in [3.8, 4) is 0 Å². The molecule has 0 saturated carbocycles. The van der Waals surface area contributed by atoms with Gasteiger partial charge in [-0.25, -0.2) is 0 Å². The molecule has 0 rings (SSSR count). The van der Waals surface area contributed by atoms with E-state index in [4.69, 9.17) is 28.3 Å². The number of halogens is 2. The Hall–Kier alpha value is 0.210. The highest BCUT2D eigenvalue weighted by Gasteiger charge is 2.28. The molecule has 0 aromatic carbocycles. The largest absolute Gasteiger partial charge is 0.396 e. The Bertz CT molecular complexity index is 112. The number of hydrogen-bond acceptors (Lipinski definition) is 2. The lowest BCUT2D eigenvalue weighted by Crippen LogP contribution is -2.24. The van der Waals surface area contributed by atoms with E-state index in [-0.39, 0.29) is 18.8 Å². The minimum atomic E-state index is -1.39. The van der Waals surface area contributed by atoms with Crippen LogP contribution >= 0.6 is 23.2 Å². The highest BCUT2D eigenvalue weighted by molar-refractivity contribution is 6.58. The Morgan fingerprint density at radius 2 is 2.11 bits per heavy atom. The highest BCUT2D eigenvalue weighted by Crippen LogP contribution is 2.25. The first-order valence-corrected chi connectivity index (χ1v) is 3.26. The third-order valence-electron chi connectivity index (χ3n) is 0.941. The molecule has 9 heavy (non-hydrogen) atoms. The smallest absolute Gasteiger partial charge is 0.177 e. The normalized spacial score (nSPS) is 11.6. The van der Waals surface area contributed by atoms with Crippen molar-refractivity contribution >= 4 is 29.0 Å². The minimum Gasteiger partial charge on any atom is -0.396 e. The Morgan fingerprint density at radius 3 is 2.22 bits per heavy atom. The van der Waals surface area contributed by atoms with Gasteiger partial charge in [0.15, 0.2) is 10.1 Å². The van der Waals surface area contributed by atoms with E-state index in [2.05, 4.69) is 0 Å². The number of hydrogen-bond donors (Lipinski definition) is 1. The van der Waals surface area contributed by atoms with Gasteiger partial charge in [-0.1, -0.05) is 23.2 Å². The second-order valence-electron chi connectivity index (χ2n) is 1.73. The molecule has 4 heteroatoms. The lowest BCUT2D eigenvalue weighted by molar-refractivity contribution is -0.117. The van der Waals surface area contributed by atoms with Gasteiger partial charge in [-0.15, -0.1) is 0 Å². The summed E-state index contributed by atoms with van der Waals surface area (Å²) in [6.45, 7) is 1.11. The van der Waals surface area contributed by atoms with Crippen LogP contribution < -0.4 is 0 Å². The summed E-state index contributed by atoms with van der Waals surface area (Å²) in [6.07, 6.45) is 0.0887. The number of alkyl halides is 2. The fraction of sp³-hybridized carbons (Fsp3) is 0.800. The summed E-state index contributed by atoms with van der Waals surface area (Å²) in [4.78, 5) is 10.5. The van der Waals surface area contributed by atoms with Gasteiger partial charge >= 0.3 is 0 Å². The van der Waals surface area contributed by atoms with E-state index in [1.165, 1.54) is 6.92 Å². The zero-order valence-electron chi connectivity index (χ0n) is 5.03. The Morgan fingerprint density at radius 1 is 1.67 bits per heavy atom. The summed E-state index contributed by atoms with van der Waals surface area (Å²) in [5.41, 5.74) is 0. The summed E-state index contributed by atoms with van der Waals surface area (Å²) in [5, 5.41) is 8.33. The molecule has 0 bridgehead atoms. The van der Waals surface area contributed by atoms with Gasteiger partial charge in [-0.05, 0) is 6.92 Å². The molecule has 0 saturated heterocycles. The highest BCUT2D eigenvalue weighted by atomic mass is 35.5. The summed E-state index contributed by atoms with van der Waals surface area (Å²) < 4.78 is -1.39. The van der Waals surface area contributed by atoms with Crippen molar-refractivity contribution < 1.29 is 9.90 Å². The van der Waals surface area contributed by atoms with E-state index in [0.29, 0.717) is 0 Å². The van der Waals surface area contributed by atoms with E-state index < -0.39 is 4.33 Å². The summed E-state index contributed by atoms with van der Waals surface area (Å²) >= 11 is 10.9. The van der Waals surface area contributed by atoms with Crippen LogP contribution in [-0.4, -0.2) is 21.8 Å². The average Bonchev–Trinajstić information content (AvgIpc) is 1.65. The van der Waals surface area contributed by atoms with Crippen molar-refractivity contribution in [2.45, 2.75) is 17.7 Å². The van der Waals surface area contributed by atoms with E-state index in [1.54, 1.807) is 0 Å². The second-order valence-corrected chi connectivity index (χ2v) is 3.22. The van der Waals surface area contributed by atoms with E-state index in [0.717, 1.165) is 0 Å². The monoisotopic (exact) mass is 170 g/mol. The van der Waals surface area contributed by atoms with Gasteiger partial charge in [0.25, 0.3) is 0 Å². The second kappa shape index (κ2) is 3.40. The van der Waals surface area contributed by atoms with Crippen molar-refractivity contribution in [2.75, 3.05) is 6.61 Å². The third kappa shape index (κ3) is 3.04. The van der Waals surface area contributed by atoms with Gasteiger partial charge in [-0.3, -0.25) is 4.79 Å². The first-order valence-electron chi connectivity index (χ1n) is 2.50. The summed E-state index contributed by atoms with van der Waals surface area (Å²) in [5.74, 6) is -0.333. The third-order valence-corrected chi connectivity index (χ3v) is 1.85. The van der Waals surface area contributed by atoms with Gasteiger partial charge in [0.05, 0.1) is 0 Å². The van der Waals surface area contributed by atoms with Crippen LogP contribution in [0.3, 0.4) is 0 Å². The van der Waals surface area contributed by atoms with Crippen molar-refractivity contribution in [3.63, 3.8) is 0 Å². The van der Waals surface area contributed by atoms with Crippen LogP contribution in [0.15, 0.2) is 0 Å². The fourth-order valence-electron chi connectivity index (χ4n) is 0.316. The first-order chi connectivity index (χ1) is 4.00. The molecule has 1 N–H and O–H groups in total. The van der Waals surface area contributed by atoms with Crippen molar-refractivity contribution in [2.24, 2.45) is 0 Å². The average molecular weight is 171 g/mol.